The smallest absolute Gasteiger partial charge is 0.191 e. The van der Waals surface area contributed by atoms with Gasteiger partial charge in [-0.15, -0.1) is 0 Å². The number of aromatic nitrogens is 1. The molecule has 2 N–H and O–H groups in total. The molecule has 0 unspecified atom stereocenters. The second kappa shape index (κ2) is 2.88. The van der Waals surface area contributed by atoms with Crippen molar-refractivity contribution in [3.05, 3.63) is 17.8 Å². The van der Waals surface area contributed by atoms with E-state index in [9.17, 15) is 0 Å². The first-order valence-electron chi connectivity index (χ1n) is 4.13. The van der Waals surface area contributed by atoms with E-state index >= 15 is 0 Å². The molecule has 4 heteroatoms. The molecule has 4 nitrogen and oxygen atoms in total. The lowest BCUT2D eigenvalue weighted by Crippen LogP contribution is -2.54. The fraction of sp³-hybridized carbons (Fsp3) is 0.625. The zero-order valence-corrected chi connectivity index (χ0v) is 7.16. The third-order valence-corrected chi connectivity index (χ3v) is 2.03. The standard InChI is InChI=1S/C8H13N3O/c1-6-10-2-8(12-6)5-11-3-7(9)4-11/h2,7H,3-5,9H2,1H3. The minimum absolute atomic E-state index is 0.356. The van der Waals surface area contributed by atoms with E-state index in [1.165, 1.54) is 0 Å². The molecule has 1 fully saturated rings. The minimum Gasteiger partial charge on any atom is -0.445 e. The summed E-state index contributed by atoms with van der Waals surface area (Å²) in [4.78, 5) is 6.26. The molecule has 0 aliphatic carbocycles. The highest BCUT2D eigenvalue weighted by atomic mass is 16.4. The Labute approximate surface area is 71.4 Å². The van der Waals surface area contributed by atoms with Crippen molar-refractivity contribution in [2.24, 2.45) is 5.73 Å². The number of likely N-dealkylation sites (tertiary alicyclic amines) is 1. The van der Waals surface area contributed by atoms with Crippen molar-refractivity contribution in [1.29, 1.82) is 0 Å². The first kappa shape index (κ1) is 7.76. The van der Waals surface area contributed by atoms with Gasteiger partial charge < -0.3 is 10.2 Å². The average molecular weight is 167 g/mol. The Hall–Kier alpha value is -0.870. The molecule has 66 valence electrons. The van der Waals surface area contributed by atoms with Crippen LogP contribution in [0.15, 0.2) is 10.6 Å². The van der Waals surface area contributed by atoms with Gasteiger partial charge in [-0.3, -0.25) is 4.90 Å². The molecule has 2 heterocycles. The van der Waals surface area contributed by atoms with Crippen LogP contribution in [0.5, 0.6) is 0 Å². The summed E-state index contributed by atoms with van der Waals surface area (Å²) in [7, 11) is 0. The van der Waals surface area contributed by atoms with Crippen LogP contribution in [0.25, 0.3) is 0 Å². The minimum atomic E-state index is 0.356. The van der Waals surface area contributed by atoms with E-state index in [1.807, 2.05) is 6.92 Å². The number of nitrogens with zero attached hydrogens (tertiary/aromatic N) is 2. The van der Waals surface area contributed by atoms with Crippen LogP contribution in [-0.2, 0) is 6.54 Å². The Morgan fingerprint density at radius 1 is 1.75 bits per heavy atom. The fourth-order valence-corrected chi connectivity index (χ4v) is 1.44. The maximum atomic E-state index is 5.64. The van der Waals surface area contributed by atoms with Gasteiger partial charge in [-0.05, 0) is 0 Å². The molecule has 0 aromatic carbocycles. The third kappa shape index (κ3) is 1.49. The highest BCUT2D eigenvalue weighted by molar-refractivity contribution is 4.95. The number of hydrogen-bond acceptors (Lipinski definition) is 4. The van der Waals surface area contributed by atoms with Gasteiger partial charge in [0, 0.05) is 26.1 Å². The second-order valence-corrected chi connectivity index (χ2v) is 3.30. The van der Waals surface area contributed by atoms with Gasteiger partial charge in [-0.25, -0.2) is 4.98 Å². The Morgan fingerprint density at radius 2 is 2.50 bits per heavy atom. The Morgan fingerprint density at radius 3 is 3.00 bits per heavy atom. The lowest BCUT2D eigenvalue weighted by atomic mass is 10.1. The van der Waals surface area contributed by atoms with E-state index in [2.05, 4.69) is 9.88 Å². The van der Waals surface area contributed by atoms with E-state index in [0.29, 0.717) is 6.04 Å². The number of aryl methyl sites for hydroxylation is 1. The van der Waals surface area contributed by atoms with Crippen molar-refractivity contribution in [2.75, 3.05) is 13.1 Å². The molecular formula is C8H13N3O. The van der Waals surface area contributed by atoms with Gasteiger partial charge in [0.25, 0.3) is 0 Å². The maximum Gasteiger partial charge on any atom is 0.191 e. The van der Waals surface area contributed by atoms with Gasteiger partial charge in [0.15, 0.2) is 5.89 Å². The molecule has 12 heavy (non-hydrogen) atoms. The van der Waals surface area contributed by atoms with Crippen LogP contribution in [0.4, 0.5) is 0 Å². The lowest BCUT2D eigenvalue weighted by Gasteiger charge is -2.35. The molecule has 1 aliphatic heterocycles. The predicted octanol–water partition coefficient (Wildman–Crippen LogP) is 0.126. The number of nitrogens with two attached hydrogens (primary N) is 1. The van der Waals surface area contributed by atoms with E-state index in [0.717, 1.165) is 31.3 Å². The molecule has 1 aromatic heterocycles. The second-order valence-electron chi connectivity index (χ2n) is 3.30. The van der Waals surface area contributed by atoms with E-state index in [-0.39, 0.29) is 0 Å². The van der Waals surface area contributed by atoms with Crippen molar-refractivity contribution in [1.82, 2.24) is 9.88 Å². The molecule has 0 amide bonds. The average Bonchev–Trinajstić information content (AvgIpc) is 2.33. The monoisotopic (exact) mass is 167 g/mol. The van der Waals surface area contributed by atoms with Gasteiger partial charge in [0.1, 0.15) is 5.76 Å². The molecule has 2 rings (SSSR count). The van der Waals surface area contributed by atoms with Crippen LogP contribution in [-0.4, -0.2) is 29.0 Å². The van der Waals surface area contributed by atoms with Crippen molar-refractivity contribution < 1.29 is 4.42 Å². The molecule has 0 atom stereocenters. The number of oxazole rings is 1. The number of rotatable bonds is 2. The van der Waals surface area contributed by atoms with Crippen LogP contribution in [0.3, 0.4) is 0 Å². The van der Waals surface area contributed by atoms with Crippen molar-refractivity contribution in [2.45, 2.75) is 19.5 Å². The quantitative estimate of drug-likeness (QED) is 0.680. The van der Waals surface area contributed by atoms with Crippen molar-refractivity contribution in [3.63, 3.8) is 0 Å². The van der Waals surface area contributed by atoms with Crippen LogP contribution in [0, 0.1) is 6.92 Å². The van der Waals surface area contributed by atoms with Crippen LogP contribution in [0.1, 0.15) is 11.7 Å². The summed E-state index contributed by atoms with van der Waals surface area (Å²) in [6.07, 6.45) is 1.78. The molecule has 0 radical (unpaired) electrons. The highest BCUT2D eigenvalue weighted by Crippen LogP contribution is 2.12. The van der Waals surface area contributed by atoms with Gasteiger partial charge in [-0.1, -0.05) is 0 Å². The Balaban J connectivity index is 1.88. The zero-order chi connectivity index (χ0) is 8.55. The molecule has 1 aliphatic rings. The normalized spacial score (nSPS) is 19.5. The summed E-state index contributed by atoms with van der Waals surface area (Å²) in [6.45, 7) is 4.64. The SMILES string of the molecule is Cc1ncc(CN2CC(N)C2)o1. The van der Waals surface area contributed by atoms with Crippen LogP contribution in [0.2, 0.25) is 0 Å². The lowest BCUT2D eigenvalue weighted by molar-refractivity contribution is 0.131. The fourth-order valence-electron chi connectivity index (χ4n) is 1.44. The first-order chi connectivity index (χ1) is 5.74. The Kier molecular flexibility index (Phi) is 1.86. The molecule has 0 saturated carbocycles. The van der Waals surface area contributed by atoms with Crippen LogP contribution >= 0.6 is 0 Å². The van der Waals surface area contributed by atoms with E-state index < -0.39 is 0 Å². The topological polar surface area (TPSA) is 55.3 Å². The van der Waals surface area contributed by atoms with E-state index in [4.69, 9.17) is 10.2 Å². The summed E-state index contributed by atoms with van der Waals surface area (Å²) in [5.41, 5.74) is 5.64. The maximum absolute atomic E-state index is 5.64. The molecule has 1 aromatic rings. The summed E-state index contributed by atoms with van der Waals surface area (Å²) in [5, 5.41) is 0. The van der Waals surface area contributed by atoms with E-state index in [1.54, 1.807) is 6.20 Å². The Bertz CT molecular complexity index is 265. The van der Waals surface area contributed by atoms with Crippen LogP contribution < -0.4 is 5.73 Å². The summed E-state index contributed by atoms with van der Waals surface area (Å²) in [5.74, 6) is 1.66. The van der Waals surface area contributed by atoms with Gasteiger partial charge in [0.05, 0.1) is 12.7 Å². The molecule has 1 saturated heterocycles. The van der Waals surface area contributed by atoms with Gasteiger partial charge in [0.2, 0.25) is 0 Å². The van der Waals surface area contributed by atoms with Crippen molar-refractivity contribution >= 4 is 0 Å². The van der Waals surface area contributed by atoms with Gasteiger partial charge in [-0.2, -0.15) is 0 Å². The highest BCUT2D eigenvalue weighted by Gasteiger charge is 2.23. The summed E-state index contributed by atoms with van der Waals surface area (Å²) < 4.78 is 5.33. The first-order valence-corrected chi connectivity index (χ1v) is 4.13. The largest absolute Gasteiger partial charge is 0.445 e. The van der Waals surface area contributed by atoms with Crippen molar-refractivity contribution in [3.8, 4) is 0 Å². The molecular weight excluding hydrogens is 154 g/mol. The molecule has 0 bridgehead atoms. The van der Waals surface area contributed by atoms with Gasteiger partial charge >= 0.3 is 0 Å². The predicted molar refractivity (Wildman–Crippen MR) is 44.5 cm³/mol. The summed E-state index contributed by atoms with van der Waals surface area (Å²) in [6, 6.07) is 0.356. The molecule has 0 spiro atoms. The third-order valence-electron chi connectivity index (χ3n) is 2.03. The summed E-state index contributed by atoms with van der Waals surface area (Å²) >= 11 is 0. The number of hydrogen-bond donors (Lipinski definition) is 1. The zero-order valence-electron chi connectivity index (χ0n) is 7.16.